The van der Waals surface area contributed by atoms with Crippen molar-refractivity contribution in [3.05, 3.63) is 0 Å². The highest BCUT2D eigenvalue weighted by atomic mass is 80.0. The fraction of sp³-hybridized carbons (Fsp3) is 1.00. The fourth-order valence-electron chi connectivity index (χ4n) is 1.16. The van der Waals surface area contributed by atoms with Crippen LogP contribution in [0.2, 0.25) is 0 Å². The molecule has 0 aromatic rings. The first-order chi connectivity index (χ1) is 10.8. The van der Waals surface area contributed by atoms with Gasteiger partial charge in [-0.05, 0) is 15.9 Å². The predicted molar refractivity (Wildman–Crippen MR) is 176 cm³/mol. The Morgan fingerprint density at radius 3 is 0.769 bits per heavy atom. The van der Waals surface area contributed by atoms with Crippen molar-refractivity contribution in [1.82, 2.24) is 0 Å². The van der Waals surface area contributed by atoms with E-state index in [2.05, 4.69) is 271 Å². The molecule has 0 saturated heterocycles. The molecule has 1 atom stereocenters. The summed E-state index contributed by atoms with van der Waals surface area (Å²) >= 11 is 60.7. The number of halogens is 17. The molecule has 18 heteroatoms. The predicted octanol–water partition coefficient (Wildman–Crippen LogP) is 12.2. The standard InChI is InChI=1S/C8HBr17O/c9-1(10,3(13,14)5(17,18)7(20,21)22)2(11,12)4(15,16)6(19,26)8(23,24)25/h26H. The van der Waals surface area contributed by atoms with Crippen LogP contribution < -0.4 is 0 Å². The first kappa shape index (κ1) is 34.1. The molecule has 0 aliphatic carbocycles. The molecule has 0 aromatic carbocycles. The molecule has 0 fully saturated rings. The summed E-state index contributed by atoms with van der Waals surface area (Å²) in [5.41, 5.74) is 0. The van der Waals surface area contributed by atoms with Crippen LogP contribution in [-0.2, 0) is 0 Å². The van der Waals surface area contributed by atoms with Crippen LogP contribution in [0.4, 0.5) is 0 Å². The number of alkyl halides is 17. The Hall–Kier alpha value is 8.12. The average Bonchev–Trinajstić information content (AvgIpc) is 2.34. The third-order valence-corrected chi connectivity index (χ3v) is 33.6. The van der Waals surface area contributed by atoms with Crippen molar-refractivity contribution < 1.29 is 5.11 Å². The van der Waals surface area contributed by atoms with Crippen molar-refractivity contribution in [2.45, 2.75) is 25.0 Å². The van der Waals surface area contributed by atoms with Gasteiger partial charge in [-0.1, -0.05) is 255 Å². The van der Waals surface area contributed by atoms with Gasteiger partial charge in [-0.25, -0.2) is 0 Å². The number of aliphatic hydroxyl groups is 1. The molecule has 0 aliphatic rings. The lowest BCUT2D eigenvalue weighted by Gasteiger charge is -2.56. The van der Waals surface area contributed by atoms with Crippen LogP contribution >= 0.6 is 271 Å². The summed E-state index contributed by atoms with van der Waals surface area (Å²) in [7, 11) is 0. The highest BCUT2D eigenvalue weighted by Crippen LogP contribution is 2.77. The molecule has 1 unspecified atom stereocenters. The van der Waals surface area contributed by atoms with Gasteiger partial charge in [0.25, 0.3) is 0 Å². The maximum Gasteiger partial charge on any atom is 0.181 e. The topological polar surface area (TPSA) is 20.2 Å². The molecule has 26 heavy (non-hydrogen) atoms. The van der Waals surface area contributed by atoms with E-state index in [-0.39, 0.29) is 0 Å². The van der Waals surface area contributed by atoms with Gasteiger partial charge in [0, 0.05) is 0 Å². The Morgan fingerprint density at radius 1 is 0.308 bits per heavy atom. The van der Waals surface area contributed by atoms with Gasteiger partial charge in [0.2, 0.25) is 0 Å². The third-order valence-electron chi connectivity index (χ3n) is 2.73. The molecule has 1 nitrogen and oxygen atoms in total. The highest BCUT2D eigenvalue weighted by Gasteiger charge is 2.77. The van der Waals surface area contributed by atoms with Gasteiger partial charge in [0.15, 0.2) is 8.80 Å². The van der Waals surface area contributed by atoms with Gasteiger partial charge >= 0.3 is 0 Å². The molecule has 1 N–H and O–H groups in total. The molecule has 0 spiro atoms. The van der Waals surface area contributed by atoms with Gasteiger partial charge < -0.3 is 5.11 Å². The summed E-state index contributed by atoms with van der Waals surface area (Å²) in [4.78, 5) is 0. The van der Waals surface area contributed by atoms with Crippen LogP contribution in [-0.4, -0.2) is 30.1 Å². The summed E-state index contributed by atoms with van der Waals surface area (Å²) in [6.07, 6.45) is 0. The van der Waals surface area contributed by atoms with E-state index in [4.69, 9.17) is 0 Å². The van der Waals surface area contributed by atoms with Crippen molar-refractivity contribution in [2.24, 2.45) is 0 Å². The van der Waals surface area contributed by atoms with E-state index in [1.165, 1.54) is 0 Å². The highest BCUT2D eigenvalue weighted by molar-refractivity contribution is 9.42. The monoisotopic (exact) mass is 1450 g/mol. The van der Waals surface area contributed by atoms with Crippen molar-refractivity contribution in [2.75, 3.05) is 0 Å². The minimum Gasteiger partial charge on any atom is -0.373 e. The Morgan fingerprint density at radius 2 is 0.538 bits per heavy atom. The zero-order valence-electron chi connectivity index (χ0n) is 10.9. The molecule has 0 rings (SSSR count). The normalized spacial score (nSPS) is 18.7. The summed E-state index contributed by atoms with van der Waals surface area (Å²) in [5.74, 6) is 0. The minimum atomic E-state index is -1.67. The smallest absolute Gasteiger partial charge is 0.181 e. The summed E-state index contributed by atoms with van der Waals surface area (Å²) < 4.78 is -9.11. The lowest BCUT2D eigenvalue weighted by molar-refractivity contribution is 0.146. The quantitative estimate of drug-likeness (QED) is 0.272. The van der Waals surface area contributed by atoms with Gasteiger partial charge in [-0.2, -0.15) is 0 Å². The molecule has 0 saturated carbocycles. The van der Waals surface area contributed by atoms with Crippen molar-refractivity contribution in [3.63, 3.8) is 0 Å². The molecule has 158 valence electrons. The first-order valence-electron chi connectivity index (χ1n) is 5.19. The van der Waals surface area contributed by atoms with Crippen LogP contribution in [0.5, 0.6) is 0 Å². The third kappa shape index (κ3) is 6.15. The second-order valence-corrected chi connectivity index (χ2v) is 36.4. The van der Waals surface area contributed by atoms with E-state index in [0.29, 0.717) is 0 Å². The maximum absolute atomic E-state index is 11.2. The first-order valence-corrected chi connectivity index (χ1v) is 18.7. The Kier molecular flexibility index (Phi) is 14.2. The number of hydrogen-bond acceptors (Lipinski definition) is 1. The van der Waals surface area contributed by atoms with Crippen molar-refractivity contribution in [1.29, 1.82) is 0 Å². The van der Waals surface area contributed by atoms with E-state index in [9.17, 15) is 5.11 Å². The van der Waals surface area contributed by atoms with Gasteiger partial charge in [0.05, 0.1) is 0 Å². The number of hydrogen-bond donors (Lipinski definition) is 1. The lowest BCUT2D eigenvalue weighted by Crippen LogP contribution is -2.68. The largest absolute Gasteiger partial charge is 0.373 e. The van der Waals surface area contributed by atoms with Gasteiger partial charge in [-0.3, -0.25) is 0 Å². The van der Waals surface area contributed by atoms with Crippen LogP contribution in [0.15, 0.2) is 0 Å². The molecule has 0 amide bonds. The van der Waals surface area contributed by atoms with Crippen molar-refractivity contribution >= 4 is 271 Å². The van der Waals surface area contributed by atoms with Gasteiger partial charge in [0.1, 0.15) is 16.2 Å². The lowest BCUT2D eigenvalue weighted by atomic mass is 10.1. The summed E-state index contributed by atoms with van der Waals surface area (Å²) in [5, 5.41) is 11.2. The Bertz CT molecular complexity index is 474. The van der Waals surface area contributed by atoms with E-state index in [1.807, 2.05) is 0 Å². The van der Waals surface area contributed by atoms with Crippen LogP contribution in [0, 0.1) is 0 Å². The second-order valence-electron chi connectivity index (χ2n) is 4.49. The molecule has 0 aliphatic heterocycles. The molecule has 0 radical (unpaired) electrons. The second kappa shape index (κ2) is 10.8. The van der Waals surface area contributed by atoms with E-state index in [1.54, 1.807) is 0 Å². The van der Waals surface area contributed by atoms with E-state index < -0.39 is 25.0 Å². The van der Waals surface area contributed by atoms with Crippen LogP contribution in [0.25, 0.3) is 0 Å². The maximum atomic E-state index is 11.2. The molecule has 0 bridgehead atoms. The molecule has 0 heterocycles. The summed E-state index contributed by atoms with van der Waals surface area (Å²) in [6, 6.07) is 0. The van der Waals surface area contributed by atoms with Crippen LogP contribution in [0.1, 0.15) is 0 Å². The van der Waals surface area contributed by atoms with Crippen LogP contribution in [0.3, 0.4) is 0 Å². The minimum absolute atomic E-state index is 0.814. The molecular formula is C8HBr17O. The SMILES string of the molecule is OC(Br)(C(Br)(Br)Br)C(Br)(Br)C(Br)(Br)C(Br)(Br)C(Br)(Br)C(Br)(Br)C(Br)(Br)Br. The van der Waals surface area contributed by atoms with Crippen molar-refractivity contribution in [3.8, 4) is 0 Å². The van der Waals surface area contributed by atoms with E-state index in [0.717, 1.165) is 0 Å². The Labute approximate surface area is 294 Å². The Balaban J connectivity index is 6.61. The van der Waals surface area contributed by atoms with E-state index >= 15 is 0 Å². The average molecular weight is 1470 g/mol. The van der Waals surface area contributed by atoms with Gasteiger partial charge in [-0.15, -0.1) is 0 Å². The number of rotatable bonds is 5. The fourth-order valence-corrected chi connectivity index (χ4v) is 15.5. The molecule has 0 aromatic heterocycles. The summed E-state index contributed by atoms with van der Waals surface area (Å²) in [6.45, 7) is 0. The zero-order chi connectivity index (χ0) is 22.0. The molecular weight excluding hydrogens is 1470 g/mol. The zero-order valence-corrected chi connectivity index (χ0v) is 37.8.